The first kappa shape index (κ1) is 26.1. The zero-order valence-corrected chi connectivity index (χ0v) is 22.6. The Kier molecular flexibility index (Phi) is 8.33. The van der Waals surface area contributed by atoms with Crippen LogP contribution in [0.25, 0.3) is 0 Å². The van der Waals surface area contributed by atoms with Crippen molar-refractivity contribution in [2.24, 2.45) is 0 Å². The second kappa shape index (κ2) is 10.8. The number of para-hydroxylation sites is 1. The van der Waals surface area contributed by atoms with Crippen molar-refractivity contribution in [3.05, 3.63) is 87.4 Å². The Morgan fingerprint density at radius 2 is 1.32 bits per heavy atom. The van der Waals surface area contributed by atoms with Crippen molar-refractivity contribution in [2.75, 3.05) is 16.8 Å². The van der Waals surface area contributed by atoms with Crippen molar-refractivity contribution >= 4 is 46.3 Å². The molecule has 0 radical (unpaired) electrons. The first-order chi connectivity index (χ1) is 16.0. The lowest BCUT2D eigenvalue weighted by atomic mass is 9.92. The number of nitrogens with zero attached hydrogens (tertiary/aromatic N) is 2. The van der Waals surface area contributed by atoms with Gasteiger partial charge in [-0.05, 0) is 64.8 Å². The maximum Gasteiger partial charge on any atom is 0.333 e. The molecule has 0 unspecified atom stereocenters. The van der Waals surface area contributed by atoms with Crippen molar-refractivity contribution < 1.29 is 4.79 Å². The number of anilines is 3. The number of hydrogen-bond acceptors (Lipinski definition) is 1. The summed E-state index contributed by atoms with van der Waals surface area (Å²) in [6, 6.07) is 19.4. The lowest BCUT2D eigenvalue weighted by Crippen LogP contribution is -2.39. The molecule has 0 atom stereocenters. The number of carbonyl (C=O) groups excluding carboxylic acids is 1. The minimum atomic E-state index is -0.184. The average molecular weight is 498 g/mol. The van der Waals surface area contributed by atoms with Crippen molar-refractivity contribution in [3.63, 3.8) is 0 Å². The molecular weight excluding hydrogens is 463 g/mol. The summed E-state index contributed by atoms with van der Waals surface area (Å²) >= 11 is 12.8. The molecular formula is C29H34Cl2N2O. The number of hydrogen-bond donors (Lipinski definition) is 0. The highest BCUT2D eigenvalue weighted by molar-refractivity contribution is 6.37. The van der Waals surface area contributed by atoms with Gasteiger partial charge in [0.1, 0.15) is 0 Å². The summed E-state index contributed by atoms with van der Waals surface area (Å²) in [5, 5.41) is 0.945. The minimum Gasteiger partial charge on any atom is -0.296 e. The van der Waals surface area contributed by atoms with E-state index < -0.39 is 0 Å². The normalized spacial score (nSPS) is 11.4. The van der Waals surface area contributed by atoms with Crippen molar-refractivity contribution in [1.29, 1.82) is 0 Å². The van der Waals surface area contributed by atoms with Gasteiger partial charge in [-0.15, -0.1) is 0 Å². The molecule has 2 amide bonds. The van der Waals surface area contributed by atoms with Gasteiger partial charge in [0.2, 0.25) is 0 Å². The van der Waals surface area contributed by atoms with E-state index in [1.807, 2.05) is 19.2 Å². The van der Waals surface area contributed by atoms with Crippen LogP contribution < -0.4 is 9.80 Å². The molecule has 3 aromatic rings. The highest BCUT2D eigenvalue weighted by atomic mass is 35.5. The van der Waals surface area contributed by atoms with Crippen LogP contribution in [0.4, 0.5) is 21.9 Å². The predicted molar refractivity (Wildman–Crippen MR) is 148 cm³/mol. The van der Waals surface area contributed by atoms with Gasteiger partial charge in [-0.2, -0.15) is 0 Å². The quantitative estimate of drug-likeness (QED) is 0.332. The molecule has 0 bridgehead atoms. The molecule has 0 aliphatic heterocycles. The first-order valence-electron chi connectivity index (χ1n) is 11.8. The summed E-state index contributed by atoms with van der Waals surface area (Å²) in [4.78, 5) is 17.6. The number of halogens is 2. The predicted octanol–water partition coefficient (Wildman–Crippen LogP) is 9.76. The molecule has 0 aromatic heterocycles. The van der Waals surface area contributed by atoms with Gasteiger partial charge >= 0.3 is 6.03 Å². The smallest absolute Gasteiger partial charge is 0.296 e. The van der Waals surface area contributed by atoms with Crippen LogP contribution in [0.2, 0.25) is 10.0 Å². The Bertz CT molecular complexity index is 1130. The third-order valence-electron chi connectivity index (χ3n) is 6.12. The summed E-state index contributed by atoms with van der Waals surface area (Å²) in [5.41, 5.74) is 5.77. The van der Waals surface area contributed by atoms with Gasteiger partial charge in [-0.1, -0.05) is 95.1 Å². The standard InChI is InChI=1S/C29H34Cl2N2O/c1-18(2)21-11-14-23(15-12-21)33(27-16-13-22(30)17-26(27)31)29(34)32(7)28-24(19(3)4)9-8-10-25(28)20(5)6/h8-20H,1-7H3. The van der Waals surface area contributed by atoms with E-state index in [2.05, 4.69) is 71.9 Å². The number of urea groups is 1. The van der Waals surface area contributed by atoms with Gasteiger partial charge in [-0.25, -0.2) is 4.79 Å². The molecule has 3 aromatic carbocycles. The summed E-state index contributed by atoms with van der Waals surface area (Å²) in [6.45, 7) is 12.9. The molecule has 0 N–H and O–H groups in total. The largest absolute Gasteiger partial charge is 0.333 e. The van der Waals surface area contributed by atoms with Crippen LogP contribution in [0.1, 0.15) is 76.0 Å². The fourth-order valence-electron chi connectivity index (χ4n) is 4.17. The maximum atomic E-state index is 14.2. The third kappa shape index (κ3) is 5.42. The van der Waals surface area contributed by atoms with Gasteiger partial charge in [0.25, 0.3) is 0 Å². The van der Waals surface area contributed by atoms with Crippen LogP contribution in [0, 0.1) is 0 Å². The number of carbonyl (C=O) groups is 1. The van der Waals surface area contributed by atoms with Crippen molar-refractivity contribution in [3.8, 4) is 0 Å². The Labute approximate surface area is 214 Å². The molecule has 5 heteroatoms. The van der Waals surface area contributed by atoms with E-state index in [9.17, 15) is 4.79 Å². The Balaban J connectivity index is 2.18. The van der Waals surface area contributed by atoms with Crippen LogP contribution in [-0.2, 0) is 0 Å². The molecule has 0 heterocycles. The highest BCUT2D eigenvalue weighted by Gasteiger charge is 2.28. The zero-order chi connectivity index (χ0) is 25.2. The molecule has 0 saturated heterocycles. The van der Waals surface area contributed by atoms with Crippen LogP contribution in [0.3, 0.4) is 0 Å². The highest BCUT2D eigenvalue weighted by Crippen LogP contribution is 2.39. The van der Waals surface area contributed by atoms with E-state index in [0.29, 0.717) is 21.7 Å². The fraction of sp³-hybridized carbons (Fsp3) is 0.345. The van der Waals surface area contributed by atoms with Crippen molar-refractivity contribution in [2.45, 2.75) is 59.3 Å². The Hall–Kier alpha value is -2.49. The van der Waals surface area contributed by atoms with Gasteiger partial charge in [0.05, 0.1) is 22.1 Å². The van der Waals surface area contributed by atoms with Gasteiger partial charge < -0.3 is 0 Å². The van der Waals surface area contributed by atoms with Gasteiger partial charge in [-0.3, -0.25) is 9.80 Å². The van der Waals surface area contributed by atoms with Crippen molar-refractivity contribution in [1.82, 2.24) is 0 Å². The lowest BCUT2D eigenvalue weighted by Gasteiger charge is -2.33. The molecule has 0 saturated carbocycles. The number of rotatable bonds is 6. The molecule has 0 aliphatic rings. The summed E-state index contributed by atoms with van der Waals surface area (Å²) in [5.74, 6) is 0.926. The Morgan fingerprint density at radius 3 is 1.79 bits per heavy atom. The summed E-state index contributed by atoms with van der Waals surface area (Å²) < 4.78 is 0. The topological polar surface area (TPSA) is 23.6 Å². The minimum absolute atomic E-state index is 0.184. The van der Waals surface area contributed by atoms with E-state index in [0.717, 1.165) is 22.5 Å². The second-order valence-corrected chi connectivity index (χ2v) is 10.5. The second-order valence-electron chi connectivity index (χ2n) is 9.61. The molecule has 0 fully saturated rings. The van der Waals surface area contributed by atoms with E-state index in [4.69, 9.17) is 23.2 Å². The SMILES string of the molecule is CC(C)c1ccc(N(C(=O)N(C)c2c(C(C)C)cccc2C(C)C)c2ccc(Cl)cc2Cl)cc1. The van der Waals surface area contributed by atoms with E-state index in [1.165, 1.54) is 5.56 Å². The van der Waals surface area contributed by atoms with Gasteiger partial charge in [0.15, 0.2) is 0 Å². The van der Waals surface area contributed by atoms with E-state index >= 15 is 0 Å². The molecule has 0 spiro atoms. The Morgan fingerprint density at radius 1 is 0.765 bits per heavy atom. The molecule has 3 rings (SSSR count). The lowest BCUT2D eigenvalue weighted by molar-refractivity contribution is 0.254. The molecule has 180 valence electrons. The number of amides is 2. The van der Waals surface area contributed by atoms with Crippen LogP contribution in [0.15, 0.2) is 60.7 Å². The molecule has 3 nitrogen and oxygen atoms in total. The third-order valence-corrected chi connectivity index (χ3v) is 6.66. The number of benzene rings is 3. The molecule has 34 heavy (non-hydrogen) atoms. The first-order valence-corrected chi connectivity index (χ1v) is 12.5. The average Bonchev–Trinajstić information content (AvgIpc) is 2.79. The van der Waals surface area contributed by atoms with Crippen LogP contribution >= 0.6 is 23.2 Å². The molecule has 0 aliphatic carbocycles. The summed E-state index contributed by atoms with van der Waals surface area (Å²) in [6.07, 6.45) is 0. The van der Waals surface area contributed by atoms with E-state index in [-0.39, 0.29) is 17.9 Å². The van der Waals surface area contributed by atoms with Crippen LogP contribution in [0.5, 0.6) is 0 Å². The van der Waals surface area contributed by atoms with E-state index in [1.54, 1.807) is 28.0 Å². The maximum absolute atomic E-state index is 14.2. The fourth-order valence-corrected chi connectivity index (χ4v) is 4.66. The zero-order valence-electron chi connectivity index (χ0n) is 21.1. The van der Waals surface area contributed by atoms with Crippen LogP contribution in [-0.4, -0.2) is 13.1 Å². The monoisotopic (exact) mass is 496 g/mol. The summed E-state index contributed by atoms with van der Waals surface area (Å²) in [7, 11) is 1.84. The van der Waals surface area contributed by atoms with Gasteiger partial charge in [0, 0.05) is 12.1 Å².